The number of nitrogens with two attached hydrogens (primary N) is 1. The molecule has 0 bridgehead atoms. The zero-order chi connectivity index (χ0) is 43.4. The number of nitrogens with zero attached hydrogens (tertiary/aromatic N) is 4. The number of carbonyl (C=O) groups is 4. The smallest absolute Gasteiger partial charge is 0.481 e. The van der Waals surface area contributed by atoms with Crippen LogP contribution in [0.1, 0.15) is 53.2 Å². The van der Waals surface area contributed by atoms with Crippen molar-refractivity contribution in [3.63, 3.8) is 0 Å². The normalized spacial score (nSPS) is 21.1. The molecular weight excluding hydrogens is 851 g/mol. The first-order valence-electron chi connectivity index (χ1n) is 16.5. The number of amides is 2. The van der Waals surface area contributed by atoms with Crippen LogP contribution in [0.25, 0.3) is 11.2 Å². The Kier molecular flexibility index (Phi) is 19.2. The van der Waals surface area contributed by atoms with E-state index in [2.05, 4.69) is 34.4 Å². The third kappa shape index (κ3) is 17.0. The van der Waals surface area contributed by atoms with Gasteiger partial charge in [0.15, 0.2) is 22.8 Å². The summed E-state index contributed by atoms with van der Waals surface area (Å²) < 4.78 is 61.9. The van der Waals surface area contributed by atoms with Gasteiger partial charge in [0.2, 0.25) is 11.8 Å². The minimum atomic E-state index is -5.56. The van der Waals surface area contributed by atoms with Crippen LogP contribution in [0, 0.1) is 5.41 Å². The number of rotatable bonds is 21. The van der Waals surface area contributed by atoms with E-state index >= 15 is 0 Å². The van der Waals surface area contributed by atoms with Crippen LogP contribution in [0.15, 0.2) is 12.7 Å². The number of carbonyl (C=O) groups excluding carboxylic acids is 3. The summed E-state index contributed by atoms with van der Waals surface area (Å²) in [6, 6.07) is 0. The van der Waals surface area contributed by atoms with Crippen molar-refractivity contribution in [1.82, 2.24) is 30.2 Å². The van der Waals surface area contributed by atoms with Crippen molar-refractivity contribution in [1.29, 1.82) is 0 Å². The minimum Gasteiger partial charge on any atom is -0.481 e. The van der Waals surface area contributed by atoms with Gasteiger partial charge < -0.3 is 56.0 Å². The van der Waals surface area contributed by atoms with Gasteiger partial charge in [0.05, 0.1) is 19.5 Å². The first-order chi connectivity index (χ1) is 26.3. The summed E-state index contributed by atoms with van der Waals surface area (Å²) in [5.41, 5.74) is 4.27. The van der Waals surface area contributed by atoms with Crippen molar-refractivity contribution < 1.29 is 90.4 Å². The average molecular weight is 898 g/mol. The number of aliphatic hydroxyl groups is 2. The van der Waals surface area contributed by atoms with Crippen molar-refractivity contribution in [2.24, 2.45) is 5.41 Å². The number of hydrogen-bond donors (Lipinski definition) is 10. The number of hydrogen-bond acceptors (Lipinski definition) is 19. The van der Waals surface area contributed by atoms with E-state index in [-0.39, 0.29) is 41.6 Å². The molecule has 57 heavy (non-hydrogen) atoms. The second-order valence-electron chi connectivity index (χ2n) is 12.6. The number of thioether (sulfide) groups is 1. The van der Waals surface area contributed by atoms with Crippen LogP contribution in [0.3, 0.4) is 0 Å². The molecule has 1 aliphatic rings. The van der Waals surface area contributed by atoms with Crippen molar-refractivity contribution in [3.8, 4) is 0 Å². The standard InChI is InChI=1S/C25H42N7O17P3S.C2H4O2/c1-4-5-16(34)53-9-8-27-15(33)6-7-28-23(37)20(36)25(2,3)11-46-52(43,44)49-51(41,42)45-10-14-19(48-50(38,39)40)18(35)24(47-14)32-13-31-17-21(26)29-12-30-22(17)32;1-2(3)4/h12-14,18-20,24,35-36H,4-11H2,1-3H3,(H,27,33)(H,28,37)(H,41,42)(H,43,44)(H2,26,29,30)(H2,38,39,40);1H3,(H,3,4)/t14-,18-,19-,20+,24-;/m1./s1. The van der Waals surface area contributed by atoms with E-state index in [0.717, 1.165) is 42.3 Å². The van der Waals surface area contributed by atoms with Crippen molar-refractivity contribution >= 4 is 75.1 Å². The van der Waals surface area contributed by atoms with Crippen LogP contribution in [-0.4, -0.2) is 134 Å². The summed E-state index contributed by atoms with van der Waals surface area (Å²) in [5.74, 6) is -1.89. The van der Waals surface area contributed by atoms with E-state index in [0.29, 0.717) is 12.2 Å². The van der Waals surface area contributed by atoms with E-state index in [1.54, 1.807) is 0 Å². The Balaban J connectivity index is 0.00000267. The number of ether oxygens (including phenoxy) is 1. The minimum absolute atomic E-state index is 0.0127. The highest BCUT2D eigenvalue weighted by molar-refractivity contribution is 8.13. The summed E-state index contributed by atoms with van der Waals surface area (Å²) in [6.45, 7) is 3.50. The average Bonchev–Trinajstić information content (AvgIpc) is 3.64. The summed E-state index contributed by atoms with van der Waals surface area (Å²) in [5, 5.41) is 33.7. The molecule has 3 rings (SSSR count). The van der Waals surface area contributed by atoms with Gasteiger partial charge >= 0.3 is 23.5 Å². The molecule has 1 aliphatic heterocycles. The summed E-state index contributed by atoms with van der Waals surface area (Å²) in [6.07, 6.45) is -5.73. The lowest BCUT2D eigenvalue weighted by molar-refractivity contribution is -0.137. The highest BCUT2D eigenvalue weighted by atomic mass is 32.2. The second kappa shape index (κ2) is 21.9. The first kappa shape index (κ1) is 50.2. The third-order valence-corrected chi connectivity index (χ3v) is 11.3. The van der Waals surface area contributed by atoms with Gasteiger partial charge in [-0.2, -0.15) is 4.31 Å². The maximum atomic E-state index is 12.6. The summed E-state index contributed by atoms with van der Waals surface area (Å²) in [4.78, 5) is 95.8. The van der Waals surface area contributed by atoms with Crippen molar-refractivity contribution in [2.45, 2.75) is 77.6 Å². The van der Waals surface area contributed by atoms with Crippen LogP contribution in [0.4, 0.5) is 5.82 Å². The quantitative estimate of drug-likeness (QED) is 0.0560. The van der Waals surface area contributed by atoms with Gasteiger partial charge in [-0.1, -0.05) is 32.5 Å². The van der Waals surface area contributed by atoms with Gasteiger partial charge in [0.1, 0.15) is 36.3 Å². The Hall–Kier alpha value is -2.97. The molecule has 7 atom stereocenters. The van der Waals surface area contributed by atoms with Crippen LogP contribution >= 0.6 is 35.2 Å². The SMILES string of the molecule is CC(=O)O.CCCC(=O)SCCNC(=O)CCNC(=O)[C@H](O)C(C)(C)COP(=O)(O)OP(=O)(O)OC[C@H]1O[C@@H](n2cnc3c(N)ncnc32)[C@H](O)[C@@H]1OP(=O)(O)O. The zero-order valence-corrected chi connectivity index (χ0v) is 34.3. The number of nitrogen functional groups attached to an aromatic ring is 1. The van der Waals surface area contributed by atoms with Crippen molar-refractivity contribution in [3.05, 3.63) is 12.7 Å². The monoisotopic (exact) mass is 897 g/mol. The molecule has 324 valence electrons. The Morgan fingerprint density at radius 3 is 2.28 bits per heavy atom. The molecule has 0 aromatic carbocycles. The third-order valence-electron chi connectivity index (χ3n) is 7.22. The van der Waals surface area contributed by atoms with Gasteiger partial charge in [0.25, 0.3) is 5.97 Å². The first-order valence-corrected chi connectivity index (χ1v) is 22.0. The number of fused-ring (bicyclic) bond motifs is 1. The van der Waals surface area contributed by atoms with E-state index in [9.17, 15) is 57.9 Å². The number of aromatic nitrogens is 4. The maximum absolute atomic E-state index is 12.6. The lowest BCUT2D eigenvalue weighted by Crippen LogP contribution is -2.46. The van der Waals surface area contributed by atoms with E-state index < -0.39 is 90.5 Å². The van der Waals surface area contributed by atoms with Gasteiger partial charge in [-0.25, -0.2) is 28.6 Å². The molecule has 0 saturated carbocycles. The molecular formula is C27H46N7O19P3S. The lowest BCUT2D eigenvalue weighted by Gasteiger charge is -2.30. The number of phosphoric acid groups is 3. The fourth-order valence-corrected chi connectivity index (χ4v) is 8.18. The van der Waals surface area contributed by atoms with Crippen LogP contribution < -0.4 is 16.4 Å². The van der Waals surface area contributed by atoms with Crippen LogP contribution in [0.2, 0.25) is 0 Å². The molecule has 2 unspecified atom stereocenters. The Labute approximate surface area is 328 Å². The fourth-order valence-electron chi connectivity index (χ4n) is 4.57. The van der Waals surface area contributed by atoms with Gasteiger partial charge in [-0.3, -0.25) is 37.3 Å². The van der Waals surface area contributed by atoms with Crippen LogP contribution in [0.5, 0.6) is 0 Å². The number of imidazole rings is 1. The van der Waals surface area contributed by atoms with Gasteiger partial charge in [-0.05, 0) is 6.42 Å². The largest absolute Gasteiger partial charge is 0.481 e. The second-order valence-corrected chi connectivity index (χ2v) is 17.9. The zero-order valence-electron chi connectivity index (χ0n) is 30.8. The van der Waals surface area contributed by atoms with Gasteiger partial charge in [0, 0.05) is 44.0 Å². The molecule has 26 nitrogen and oxygen atoms in total. The molecule has 0 spiro atoms. The van der Waals surface area contributed by atoms with Gasteiger partial charge in [-0.15, -0.1) is 0 Å². The maximum Gasteiger partial charge on any atom is 0.481 e. The molecule has 0 radical (unpaired) electrons. The Bertz CT molecular complexity index is 1840. The predicted octanol–water partition coefficient (Wildman–Crippen LogP) is -0.444. The van der Waals surface area contributed by atoms with E-state index in [1.165, 1.54) is 13.8 Å². The molecule has 30 heteroatoms. The molecule has 3 heterocycles. The number of aliphatic carboxylic acids is 1. The number of phosphoric ester groups is 3. The number of carboxylic acids is 1. The lowest BCUT2D eigenvalue weighted by atomic mass is 9.87. The highest BCUT2D eigenvalue weighted by Gasteiger charge is 2.50. The molecule has 0 aliphatic carbocycles. The molecule has 1 fully saturated rings. The fraction of sp³-hybridized carbons (Fsp3) is 0.667. The molecule has 11 N–H and O–H groups in total. The predicted molar refractivity (Wildman–Crippen MR) is 195 cm³/mol. The molecule has 1 saturated heterocycles. The number of nitrogens with one attached hydrogen (secondary N) is 2. The summed E-state index contributed by atoms with van der Waals surface area (Å²) >= 11 is 1.09. The number of anilines is 1. The topological polar surface area (TPSA) is 401 Å². The summed E-state index contributed by atoms with van der Waals surface area (Å²) in [7, 11) is -16.4. The van der Waals surface area contributed by atoms with E-state index in [1.807, 2.05) is 6.92 Å². The Morgan fingerprint density at radius 1 is 1.04 bits per heavy atom. The highest BCUT2D eigenvalue weighted by Crippen LogP contribution is 2.61. The van der Waals surface area contributed by atoms with E-state index in [4.69, 9.17) is 29.4 Å². The van der Waals surface area contributed by atoms with Crippen molar-refractivity contribution in [2.75, 3.05) is 37.8 Å². The number of carboxylic acid groups (broad SMARTS) is 1. The van der Waals surface area contributed by atoms with Crippen LogP contribution in [-0.2, 0) is 55.5 Å². The number of aliphatic hydroxyl groups excluding tert-OH is 2. The Morgan fingerprint density at radius 2 is 1.67 bits per heavy atom. The molecule has 2 aromatic rings. The molecule has 2 amide bonds. The molecule has 2 aromatic heterocycles.